The number of ether oxygens (including phenoxy) is 1. The maximum absolute atomic E-state index is 12.0. The second-order valence-electron chi connectivity index (χ2n) is 4.45. The minimum absolute atomic E-state index is 0.150. The second kappa shape index (κ2) is 7.82. The van der Waals surface area contributed by atoms with Crippen LogP contribution >= 0.6 is 0 Å². The molecule has 5 nitrogen and oxygen atoms in total. The lowest BCUT2D eigenvalue weighted by molar-refractivity contribution is -0.386. The average molecular weight is 306 g/mol. The number of nitrogens with zero attached hydrogens (tertiary/aromatic N) is 1. The van der Waals surface area contributed by atoms with Crippen LogP contribution in [-0.2, 0) is 6.54 Å². The van der Waals surface area contributed by atoms with Crippen molar-refractivity contribution in [3.8, 4) is 5.75 Å². The van der Waals surface area contributed by atoms with Crippen molar-refractivity contribution in [3.63, 3.8) is 0 Å². The summed E-state index contributed by atoms with van der Waals surface area (Å²) >= 11 is 0. The molecule has 21 heavy (non-hydrogen) atoms. The smallest absolute Gasteiger partial charge is 0.392 e. The zero-order valence-corrected chi connectivity index (χ0v) is 11.6. The Morgan fingerprint density at radius 2 is 2.10 bits per heavy atom. The SMILES string of the molecule is CCCNCc1ccc(OCCC(F)(F)F)c([N+](=O)[O-])c1. The number of rotatable bonds is 8. The molecular weight excluding hydrogens is 289 g/mol. The summed E-state index contributed by atoms with van der Waals surface area (Å²) in [4.78, 5) is 10.3. The minimum Gasteiger partial charge on any atom is -0.486 e. The lowest BCUT2D eigenvalue weighted by Gasteiger charge is -2.10. The van der Waals surface area contributed by atoms with Crippen molar-refractivity contribution in [3.05, 3.63) is 33.9 Å². The summed E-state index contributed by atoms with van der Waals surface area (Å²) in [5.41, 5.74) is 0.353. The molecular formula is C13H17F3N2O3. The maximum Gasteiger partial charge on any atom is 0.392 e. The molecule has 1 aromatic carbocycles. The van der Waals surface area contributed by atoms with E-state index in [0.29, 0.717) is 12.1 Å². The van der Waals surface area contributed by atoms with Gasteiger partial charge in [0.2, 0.25) is 0 Å². The normalized spacial score (nSPS) is 11.4. The summed E-state index contributed by atoms with van der Waals surface area (Å²) in [7, 11) is 0. The monoisotopic (exact) mass is 306 g/mol. The van der Waals surface area contributed by atoms with Crippen molar-refractivity contribution < 1.29 is 22.8 Å². The quantitative estimate of drug-likeness (QED) is 0.454. The van der Waals surface area contributed by atoms with Crippen molar-refractivity contribution in [2.45, 2.75) is 32.5 Å². The predicted octanol–water partition coefficient (Wildman–Crippen LogP) is 3.43. The van der Waals surface area contributed by atoms with E-state index >= 15 is 0 Å². The number of hydrogen-bond acceptors (Lipinski definition) is 4. The summed E-state index contributed by atoms with van der Waals surface area (Å²) in [5.74, 6) is -0.150. The van der Waals surface area contributed by atoms with E-state index in [-0.39, 0.29) is 11.4 Å². The molecule has 0 radical (unpaired) electrons. The Morgan fingerprint density at radius 1 is 1.38 bits per heavy atom. The van der Waals surface area contributed by atoms with Gasteiger partial charge < -0.3 is 10.1 Å². The number of nitro groups is 1. The molecule has 0 atom stereocenters. The van der Waals surface area contributed by atoms with Crippen molar-refractivity contribution in [1.82, 2.24) is 5.32 Å². The number of nitro benzene ring substituents is 1. The van der Waals surface area contributed by atoms with Crippen LogP contribution in [-0.4, -0.2) is 24.3 Å². The van der Waals surface area contributed by atoms with Gasteiger partial charge in [-0.2, -0.15) is 13.2 Å². The molecule has 0 heterocycles. The Bertz CT molecular complexity index is 478. The first-order valence-corrected chi connectivity index (χ1v) is 6.51. The van der Waals surface area contributed by atoms with Crippen molar-refractivity contribution in [1.29, 1.82) is 0 Å². The fourth-order valence-electron chi connectivity index (χ4n) is 1.62. The summed E-state index contributed by atoms with van der Waals surface area (Å²) in [6.07, 6.45) is -4.57. The molecule has 0 aliphatic carbocycles. The van der Waals surface area contributed by atoms with Crippen LogP contribution in [0.4, 0.5) is 18.9 Å². The van der Waals surface area contributed by atoms with Crippen LogP contribution < -0.4 is 10.1 Å². The highest BCUT2D eigenvalue weighted by Crippen LogP contribution is 2.29. The maximum atomic E-state index is 12.0. The van der Waals surface area contributed by atoms with Crippen molar-refractivity contribution in [2.75, 3.05) is 13.2 Å². The van der Waals surface area contributed by atoms with E-state index in [1.54, 1.807) is 6.07 Å². The third-order valence-electron chi connectivity index (χ3n) is 2.62. The van der Waals surface area contributed by atoms with E-state index < -0.39 is 24.1 Å². The van der Waals surface area contributed by atoms with Crippen LogP contribution in [0.5, 0.6) is 5.75 Å². The van der Waals surface area contributed by atoms with Gasteiger partial charge in [-0.15, -0.1) is 0 Å². The third-order valence-corrected chi connectivity index (χ3v) is 2.62. The molecule has 1 aromatic rings. The molecule has 0 amide bonds. The van der Waals surface area contributed by atoms with Gasteiger partial charge in [0.25, 0.3) is 0 Å². The van der Waals surface area contributed by atoms with Crippen molar-refractivity contribution in [2.24, 2.45) is 0 Å². The average Bonchev–Trinajstić information content (AvgIpc) is 2.38. The fourth-order valence-corrected chi connectivity index (χ4v) is 1.62. The van der Waals surface area contributed by atoms with Gasteiger partial charge in [-0.3, -0.25) is 10.1 Å². The molecule has 0 aliphatic heterocycles. The first kappa shape index (κ1) is 17.2. The molecule has 0 unspecified atom stereocenters. The van der Waals surface area contributed by atoms with Gasteiger partial charge in [0.15, 0.2) is 5.75 Å². The number of alkyl halides is 3. The fraction of sp³-hybridized carbons (Fsp3) is 0.538. The summed E-state index contributed by atoms with van der Waals surface area (Å²) < 4.78 is 41.0. The first-order valence-electron chi connectivity index (χ1n) is 6.51. The molecule has 0 aromatic heterocycles. The zero-order valence-electron chi connectivity index (χ0n) is 11.6. The molecule has 1 N–H and O–H groups in total. The molecule has 0 fully saturated rings. The lowest BCUT2D eigenvalue weighted by atomic mass is 10.2. The van der Waals surface area contributed by atoms with Gasteiger partial charge in [0.1, 0.15) is 0 Å². The van der Waals surface area contributed by atoms with Gasteiger partial charge in [-0.1, -0.05) is 13.0 Å². The van der Waals surface area contributed by atoms with E-state index in [2.05, 4.69) is 5.32 Å². The number of nitrogens with one attached hydrogen (secondary N) is 1. The molecule has 0 aliphatic rings. The largest absolute Gasteiger partial charge is 0.486 e. The topological polar surface area (TPSA) is 64.4 Å². The third kappa shape index (κ3) is 6.44. The molecule has 0 saturated heterocycles. The Balaban J connectivity index is 2.72. The van der Waals surface area contributed by atoms with Gasteiger partial charge in [0, 0.05) is 12.6 Å². The number of benzene rings is 1. The first-order chi connectivity index (χ1) is 9.83. The summed E-state index contributed by atoms with van der Waals surface area (Å²) in [6, 6.07) is 4.24. The van der Waals surface area contributed by atoms with E-state index in [1.165, 1.54) is 12.1 Å². The molecule has 0 spiro atoms. The molecule has 1 rings (SSSR count). The summed E-state index contributed by atoms with van der Waals surface area (Å²) in [6.45, 7) is 2.58. The minimum atomic E-state index is -4.35. The highest BCUT2D eigenvalue weighted by Gasteiger charge is 2.27. The Morgan fingerprint density at radius 3 is 2.67 bits per heavy atom. The molecule has 118 valence electrons. The van der Waals surface area contributed by atoms with Crippen LogP contribution in [0.25, 0.3) is 0 Å². The van der Waals surface area contributed by atoms with Crippen LogP contribution in [0.15, 0.2) is 18.2 Å². The zero-order chi connectivity index (χ0) is 15.9. The van der Waals surface area contributed by atoms with Crippen LogP contribution in [0.2, 0.25) is 0 Å². The van der Waals surface area contributed by atoms with Gasteiger partial charge >= 0.3 is 11.9 Å². The second-order valence-corrected chi connectivity index (χ2v) is 4.45. The number of halogens is 3. The van der Waals surface area contributed by atoms with Gasteiger partial charge in [-0.05, 0) is 24.6 Å². The Hall–Kier alpha value is -1.83. The highest BCUT2D eigenvalue weighted by molar-refractivity contribution is 5.48. The van der Waals surface area contributed by atoms with Crippen LogP contribution in [0, 0.1) is 10.1 Å². The van der Waals surface area contributed by atoms with Gasteiger partial charge in [-0.25, -0.2) is 0 Å². The van der Waals surface area contributed by atoms with E-state index in [1.807, 2.05) is 6.92 Å². The van der Waals surface area contributed by atoms with Crippen LogP contribution in [0.1, 0.15) is 25.3 Å². The van der Waals surface area contributed by atoms with Gasteiger partial charge in [0.05, 0.1) is 18.0 Å². The van der Waals surface area contributed by atoms with Crippen molar-refractivity contribution >= 4 is 5.69 Å². The lowest BCUT2D eigenvalue weighted by Crippen LogP contribution is -2.15. The summed E-state index contributed by atoms with van der Waals surface area (Å²) in [5, 5.41) is 14.0. The molecule has 8 heteroatoms. The van der Waals surface area contributed by atoms with E-state index in [4.69, 9.17) is 4.74 Å². The van der Waals surface area contributed by atoms with E-state index in [0.717, 1.165) is 13.0 Å². The highest BCUT2D eigenvalue weighted by atomic mass is 19.4. The Labute approximate surface area is 120 Å². The Kier molecular flexibility index (Phi) is 6.41. The number of hydrogen-bond donors (Lipinski definition) is 1. The van der Waals surface area contributed by atoms with Crippen LogP contribution in [0.3, 0.4) is 0 Å². The predicted molar refractivity (Wildman–Crippen MR) is 71.3 cm³/mol. The standard InChI is InChI=1S/C13H17F3N2O3/c1-2-6-17-9-10-3-4-12(11(8-10)18(19)20)21-7-5-13(14,15)16/h3-4,8,17H,2,5-7,9H2,1H3. The molecule has 0 bridgehead atoms. The van der Waals surface area contributed by atoms with E-state index in [9.17, 15) is 23.3 Å². The molecule has 0 saturated carbocycles.